The van der Waals surface area contributed by atoms with Gasteiger partial charge in [0.05, 0.1) is 19.8 Å². The number of ether oxygens (including phenoxy) is 3. The van der Waals surface area contributed by atoms with Gasteiger partial charge in [0.1, 0.15) is 5.60 Å². The van der Waals surface area contributed by atoms with E-state index in [0.717, 1.165) is 5.56 Å². The number of oxime groups is 1. The van der Waals surface area contributed by atoms with E-state index in [9.17, 15) is 4.79 Å². The molecule has 0 fully saturated rings. The fraction of sp³-hybridized carbons (Fsp3) is 0.444. The van der Waals surface area contributed by atoms with E-state index >= 15 is 0 Å². The summed E-state index contributed by atoms with van der Waals surface area (Å²) in [5.41, 5.74) is 0.658. The molecule has 0 spiro atoms. The summed E-state index contributed by atoms with van der Waals surface area (Å²) in [5, 5.41) is 3.87. The molecule has 0 saturated heterocycles. The number of nitrogens with zero attached hydrogens (tertiary/aromatic N) is 1. The van der Waals surface area contributed by atoms with Gasteiger partial charge in [-0.05, 0) is 11.6 Å². The highest BCUT2D eigenvalue weighted by atomic mass is 16.7. The highest BCUT2D eigenvalue weighted by Crippen LogP contribution is 2.37. The Labute approximate surface area is 141 Å². The fourth-order valence-electron chi connectivity index (χ4n) is 3.06. The molecule has 6 nitrogen and oxygen atoms in total. The minimum atomic E-state index is -0.679. The van der Waals surface area contributed by atoms with Crippen LogP contribution in [0.3, 0.4) is 0 Å². The number of hydrogen-bond acceptors (Lipinski definition) is 6. The van der Waals surface area contributed by atoms with Gasteiger partial charge < -0.3 is 19.0 Å². The van der Waals surface area contributed by atoms with Crippen molar-refractivity contribution < 1.29 is 23.8 Å². The second-order valence-electron chi connectivity index (χ2n) is 5.93. The number of methoxy groups -OCH3 is 2. The molecule has 0 amide bonds. The van der Waals surface area contributed by atoms with Crippen LogP contribution in [0.5, 0.6) is 0 Å². The number of rotatable bonds is 5. The maximum absolute atomic E-state index is 11.8. The minimum Gasteiger partial charge on any atom is -0.464 e. The van der Waals surface area contributed by atoms with Crippen molar-refractivity contribution in [3.63, 3.8) is 0 Å². The molecule has 1 aliphatic heterocycles. The molecule has 1 aromatic carbocycles. The third kappa shape index (κ3) is 3.34. The molecule has 1 heterocycles. The Morgan fingerprint density at radius 1 is 1.29 bits per heavy atom. The molecule has 0 unspecified atom stereocenters. The maximum Gasteiger partial charge on any atom is 0.355 e. The molecule has 3 atom stereocenters. The fourth-order valence-corrected chi connectivity index (χ4v) is 3.06. The normalized spacial score (nSPS) is 28.5. The molecule has 1 aliphatic carbocycles. The lowest BCUT2D eigenvalue weighted by Crippen LogP contribution is -2.53. The predicted molar refractivity (Wildman–Crippen MR) is 87.5 cm³/mol. The van der Waals surface area contributed by atoms with Crippen molar-refractivity contribution in [3.8, 4) is 0 Å². The van der Waals surface area contributed by atoms with Crippen LogP contribution >= 0.6 is 0 Å². The largest absolute Gasteiger partial charge is 0.464 e. The van der Waals surface area contributed by atoms with Crippen molar-refractivity contribution in [1.29, 1.82) is 0 Å². The standard InChI is InChI=1S/C18H21NO5/c1-21-17(20)15-11-18(22-2)10-14(8-9-16(18)24-19-15)23-12-13-6-4-3-5-7-13/h3-9,14,16H,10-12H2,1-2H3/t14-,16-,18+/m0/s1. The van der Waals surface area contributed by atoms with Crippen molar-refractivity contribution in [2.24, 2.45) is 5.16 Å². The van der Waals surface area contributed by atoms with Crippen LogP contribution in [0.2, 0.25) is 0 Å². The van der Waals surface area contributed by atoms with Crippen LogP contribution in [0.15, 0.2) is 47.6 Å². The topological polar surface area (TPSA) is 66.4 Å². The number of fused-ring (bicyclic) bond motifs is 1. The van der Waals surface area contributed by atoms with Crippen LogP contribution in [-0.4, -0.2) is 43.7 Å². The first-order valence-electron chi connectivity index (χ1n) is 7.87. The van der Waals surface area contributed by atoms with Gasteiger partial charge in [-0.25, -0.2) is 4.79 Å². The lowest BCUT2D eigenvalue weighted by atomic mass is 9.80. The lowest BCUT2D eigenvalue weighted by molar-refractivity contribution is -0.150. The van der Waals surface area contributed by atoms with E-state index in [1.54, 1.807) is 7.11 Å². The zero-order chi connectivity index (χ0) is 17.0. The first-order valence-corrected chi connectivity index (χ1v) is 7.87. The summed E-state index contributed by atoms with van der Waals surface area (Å²) in [4.78, 5) is 17.2. The summed E-state index contributed by atoms with van der Waals surface area (Å²) < 4.78 is 16.5. The number of carbonyl (C=O) groups excluding carboxylic acids is 1. The van der Waals surface area contributed by atoms with Gasteiger partial charge >= 0.3 is 5.97 Å². The Bertz CT molecular complexity index is 642. The molecule has 0 aromatic heterocycles. The van der Waals surface area contributed by atoms with E-state index in [4.69, 9.17) is 19.0 Å². The molecular weight excluding hydrogens is 310 g/mol. The highest BCUT2D eigenvalue weighted by Gasteiger charge is 2.49. The molecule has 0 radical (unpaired) electrons. The van der Waals surface area contributed by atoms with E-state index in [1.165, 1.54) is 7.11 Å². The Balaban J connectivity index is 1.69. The van der Waals surface area contributed by atoms with Crippen molar-refractivity contribution >= 4 is 11.7 Å². The second kappa shape index (κ2) is 7.15. The Morgan fingerprint density at radius 2 is 2.08 bits per heavy atom. The molecule has 128 valence electrons. The highest BCUT2D eigenvalue weighted by molar-refractivity contribution is 6.36. The van der Waals surface area contributed by atoms with Crippen molar-refractivity contribution in [2.45, 2.75) is 37.3 Å². The Hall–Kier alpha value is -2.18. The first kappa shape index (κ1) is 16.7. The molecule has 2 aliphatic rings. The molecule has 0 N–H and O–H groups in total. The van der Waals surface area contributed by atoms with Gasteiger partial charge in [0, 0.05) is 20.0 Å². The number of hydrogen-bond donors (Lipinski definition) is 0. The van der Waals surface area contributed by atoms with E-state index in [1.807, 2.05) is 42.5 Å². The van der Waals surface area contributed by atoms with Crippen LogP contribution in [0, 0.1) is 0 Å². The van der Waals surface area contributed by atoms with Crippen molar-refractivity contribution in [3.05, 3.63) is 48.0 Å². The van der Waals surface area contributed by atoms with Gasteiger partial charge in [-0.15, -0.1) is 0 Å². The maximum atomic E-state index is 11.8. The second-order valence-corrected chi connectivity index (χ2v) is 5.93. The monoisotopic (exact) mass is 331 g/mol. The Kier molecular flexibility index (Phi) is 4.97. The van der Waals surface area contributed by atoms with Crippen LogP contribution in [0.25, 0.3) is 0 Å². The zero-order valence-electron chi connectivity index (χ0n) is 13.8. The summed E-state index contributed by atoms with van der Waals surface area (Å²) >= 11 is 0. The van der Waals surface area contributed by atoms with E-state index in [0.29, 0.717) is 19.4 Å². The smallest absolute Gasteiger partial charge is 0.355 e. The number of carbonyl (C=O) groups is 1. The molecule has 1 aromatic rings. The summed E-state index contributed by atoms with van der Waals surface area (Å²) in [6.45, 7) is 0.513. The van der Waals surface area contributed by atoms with Gasteiger partial charge in [0.2, 0.25) is 0 Å². The average molecular weight is 331 g/mol. The third-order valence-corrected chi connectivity index (χ3v) is 4.44. The summed E-state index contributed by atoms with van der Waals surface area (Å²) in [5.74, 6) is -0.499. The molecule has 0 bridgehead atoms. The minimum absolute atomic E-state index is 0.123. The van der Waals surface area contributed by atoms with E-state index in [-0.39, 0.29) is 17.9 Å². The quantitative estimate of drug-likeness (QED) is 0.611. The van der Waals surface area contributed by atoms with Gasteiger partial charge in [-0.1, -0.05) is 41.6 Å². The predicted octanol–water partition coefficient (Wildman–Crippen LogP) is 2.23. The summed E-state index contributed by atoms with van der Waals surface area (Å²) in [7, 11) is 2.94. The van der Waals surface area contributed by atoms with Gasteiger partial charge in [0.25, 0.3) is 0 Å². The van der Waals surface area contributed by atoms with Gasteiger partial charge in [0.15, 0.2) is 11.8 Å². The molecule has 3 rings (SSSR count). The first-order chi connectivity index (χ1) is 11.7. The molecule has 6 heteroatoms. The number of esters is 1. The van der Waals surface area contributed by atoms with Crippen molar-refractivity contribution in [2.75, 3.05) is 14.2 Å². The lowest BCUT2D eigenvalue weighted by Gasteiger charge is -2.43. The number of benzene rings is 1. The third-order valence-electron chi connectivity index (χ3n) is 4.44. The van der Waals surface area contributed by atoms with Gasteiger partial charge in [-0.2, -0.15) is 0 Å². The van der Waals surface area contributed by atoms with Crippen molar-refractivity contribution in [1.82, 2.24) is 0 Å². The van der Waals surface area contributed by atoms with Crippen LogP contribution in [-0.2, 0) is 30.4 Å². The van der Waals surface area contributed by atoms with Gasteiger partial charge in [-0.3, -0.25) is 0 Å². The van der Waals surface area contributed by atoms with Crippen LogP contribution in [0.1, 0.15) is 18.4 Å². The molecular formula is C18H21NO5. The molecule has 24 heavy (non-hydrogen) atoms. The SMILES string of the molecule is COC(=O)C1=NO[C@H]2C=C[C@H](OCc3ccccc3)C[C@@]2(OC)C1. The van der Waals surface area contributed by atoms with Crippen LogP contribution in [0.4, 0.5) is 0 Å². The summed E-state index contributed by atoms with van der Waals surface area (Å²) in [6.07, 6.45) is 4.29. The average Bonchev–Trinajstić information content (AvgIpc) is 2.65. The van der Waals surface area contributed by atoms with Crippen LogP contribution < -0.4 is 0 Å². The zero-order valence-corrected chi connectivity index (χ0v) is 13.8. The molecule has 0 saturated carbocycles. The summed E-state index contributed by atoms with van der Waals surface area (Å²) in [6, 6.07) is 9.98. The Morgan fingerprint density at radius 3 is 2.79 bits per heavy atom. The van der Waals surface area contributed by atoms with E-state index < -0.39 is 11.6 Å². The van der Waals surface area contributed by atoms with E-state index in [2.05, 4.69) is 5.16 Å².